The second kappa shape index (κ2) is 5.37. The first-order valence-corrected chi connectivity index (χ1v) is 6.25. The lowest BCUT2D eigenvalue weighted by Gasteiger charge is -2.14. The van der Waals surface area contributed by atoms with Gasteiger partial charge >= 0.3 is 5.97 Å². The number of rotatable bonds is 3. The van der Waals surface area contributed by atoms with Gasteiger partial charge in [0, 0.05) is 11.1 Å². The maximum absolute atomic E-state index is 10.9. The van der Waals surface area contributed by atoms with Crippen LogP contribution in [0.1, 0.15) is 31.2 Å². The lowest BCUT2D eigenvalue weighted by Crippen LogP contribution is -2.01. The predicted molar refractivity (Wildman–Crippen MR) is 69.0 cm³/mol. The molecule has 17 heavy (non-hydrogen) atoms. The number of carboxylic acids is 1. The third-order valence-corrected chi connectivity index (χ3v) is 3.50. The molecule has 0 bridgehead atoms. The summed E-state index contributed by atoms with van der Waals surface area (Å²) in [5.74, 6) is -0.492. The Labute approximate surface area is 106 Å². The Morgan fingerprint density at radius 2 is 1.82 bits per heavy atom. The Kier molecular flexibility index (Phi) is 3.85. The topological polar surface area (TPSA) is 37.3 Å². The molecule has 1 N–H and O–H groups in total. The maximum Gasteiger partial charge on any atom is 0.328 e. The highest BCUT2D eigenvalue weighted by Gasteiger charge is 2.21. The Balaban J connectivity index is 2.32. The largest absolute Gasteiger partial charge is 0.478 e. The number of halogens is 1. The van der Waals surface area contributed by atoms with Gasteiger partial charge in [-0.1, -0.05) is 36.6 Å². The van der Waals surface area contributed by atoms with E-state index in [2.05, 4.69) is 0 Å². The van der Waals surface area contributed by atoms with Gasteiger partial charge in [0.25, 0.3) is 0 Å². The third-order valence-electron chi connectivity index (χ3n) is 3.25. The van der Waals surface area contributed by atoms with Gasteiger partial charge in [-0.25, -0.2) is 4.79 Å². The molecule has 0 spiro atoms. The second-order valence-electron chi connectivity index (χ2n) is 4.43. The molecule has 1 fully saturated rings. The van der Waals surface area contributed by atoms with Gasteiger partial charge in [-0.15, -0.1) is 0 Å². The van der Waals surface area contributed by atoms with Crippen LogP contribution in [-0.4, -0.2) is 11.1 Å². The van der Waals surface area contributed by atoms with E-state index in [1.54, 1.807) is 0 Å². The van der Waals surface area contributed by atoms with Gasteiger partial charge in [-0.05, 0) is 42.0 Å². The summed E-state index contributed by atoms with van der Waals surface area (Å²) in [6.45, 7) is 0. The van der Waals surface area contributed by atoms with Gasteiger partial charge in [-0.3, -0.25) is 0 Å². The van der Waals surface area contributed by atoms with E-state index in [9.17, 15) is 4.79 Å². The van der Waals surface area contributed by atoms with E-state index in [0.717, 1.165) is 24.0 Å². The van der Waals surface area contributed by atoms with Crippen LogP contribution in [0, 0.1) is 5.92 Å². The molecule has 0 unspecified atom stereocenters. The first kappa shape index (κ1) is 12.2. The number of hydrogen-bond donors (Lipinski definition) is 1. The summed E-state index contributed by atoms with van der Waals surface area (Å²) < 4.78 is 0. The van der Waals surface area contributed by atoms with Crippen LogP contribution in [0.15, 0.2) is 30.3 Å². The zero-order valence-corrected chi connectivity index (χ0v) is 10.3. The summed E-state index contributed by atoms with van der Waals surface area (Å²) in [5.41, 5.74) is 1.91. The van der Waals surface area contributed by atoms with E-state index < -0.39 is 5.97 Å². The maximum atomic E-state index is 10.9. The number of carbonyl (C=O) groups is 1. The minimum atomic E-state index is -0.873. The summed E-state index contributed by atoms with van der Waals surface area (Å²) >= 11 is 5.85. The summed E-state index contributed by atoms with van der Waals surface area (Å²) in [4.78, 5) is 10.9. The van der Waals surface area contributed by atoms with Crippen molar-refractivity contribution in [1.82, 2.24) is 0 Å². The highest BCUT2D eigenvalue weighted by molar-refractivity contribution is 6.30. The van der Waals surface area contributed by atoms with E-state index in [4.69, 9.17) is 16.7 Å². The van der Waals surface area contributed by atoms with Crippen LogP contribution < -0.4 is 0 Å². The molecule has 1 aromatic carbocycles. The number of allylic oxidation sites excluding steroid dienone is 1. The Hall–Kier alpha value is -1.28. The van der Waals surface area contributed by atoms with Crippen molar-refractivity contribution in [2.75, 3.05) is 0 Å². The van der Waals surface area contributed by atoms with Gasteiger partial charge < -0.3 is 5.11 Å². The van der Waals surface area contributed by atoms with Crippen LogP contribution in [0.5, 0.6) is 0 Å². The fraction of sp³-hybridized carbons (Fsp3) is 0.357. The van der Waals surface area contributed by atoms with Crippen molar-refractivity contribution in [3.63, 3.8) is 0 Å². The Morgan fingerprint density at radius 3 is 2.35 bits per heavy atom. The fourth-order valence-corrected chi connectivity index (χ4v) is 2.58. The Morgan fingerprint density at radius 1 is 1.24 bits per heavy atom. The van der Waals surface area contributed by atoms with Crippen LogP contribution in [-0.2, 0) is 4.79 Å². The van der Waals surface area contributed by atoms with Gasteiger partial charge in [0.05, 0.1) is 0 Å². The molecule has 0 aromatic heterocycles. The molecular weight excluding hydrogens is 236 g/mol. The zero-order valence-electron chi connectivity index (χ0n) is 9.53. The Bertz CT molecular complexity index is 428. The van der Waals surface area contributed by atoms with Crippen molar-refractivity contribution in [1.29, 1.82) is 0 Å². The fourth-order valence-electron chi connectivity index (χ4n) is 2.45. The number of carboxylic acid groups (broad SMARTS) is 1. The number of aliphatic carboxylic acids is 1. The average Bonchev–Trinajstić information content (AvgIpc) is 2.80. The molecule has 1 aromatic rings. The standard InChI is InChI=1S/C14H15ClO2/c15-12-7-5-11(6-8-12)13(9-14(16)17)10-3-1-2-4-10/h5-10H,1-4H2,(H,16,17)/b13-9+. The average molecular weight is 251 g/mol. The van der Waals surface area contributed by atoms with Crippen molar-refractivity contribution in [2.24, 2.45) is 5.92 Å². The molecule has 1 saturated carbocycles. The second-order valence-corrected chi connectivity index (χ2v) is 4.86. The van der Waals surface area contributed by atoms with Crippen LogP contribution in [0.2, 0.25) is 5.02 Å². The highest BCUT2D eigenvalue weighted by atomic mass is 35.5. The molecule has 2 nitrogen and oxygen atoms in total. The molecule has 0 heterocycles. The van der Waals surface area contributed by atoms with Crippen molar-refractivity contribution in [3.05, 3.63) is 40.9 Å². The summed E-state index contributed by atoms with van der Waals surface area (Å²) in [7, 11) is 0. The highest BCUT2D eigenvalue weighted by Crippen LogP contribution is 2.36. The van der Waals surface area contributed by atoms with Crippen molar-refractivity contribution < 1.29 is 9.90 Å². The van der Waals surface area contributed by atoms with E-state index in [-0.39, 0.29) is 0 Å². The first-order chi connectivity index (χ1) is 8.16. The molecule has 0 saturated heterocycles. The van der Waals surface area contributed by atoms with Crippen molar-refractivity contribution >= 4 is 23.1 Å². The molecule has 90 valence electrons. The van der Waals surface area contributed by atoms with Crippen LogP contribution >= 0.6 is 11.6 Å². The predicted octanol–water partition coefficient (Wildman–Crippen LogP) is 4.00. The quantitative estimate of drug-likeness (QED) is 0.824. The van der Waals surface area contributed by atoms with E-state index in [0.29, 0.717) is 10.9 Å². The van der Waals surface area contributed by atoms with Crippen LogP contribution in [0.4, 0.5) is 0 Å². The minimum Gasteiger partial charge on any atom is -0.478 e. The van der Waals surface area contributed by atoms with Crippen LogP contribution in [0.3, 0.4) is 0 Å². The molecular formula is C14H15ClO2. The molecule has 0 radical (unpaired) electrons. The molecule has 0 atom stereocenters. The van der Waals surface area contributed by atoms with E-state index >= 15 is 0 Å². The molecule has 1 aliphatic carbocycles. The first-order valence-electron chi connectivity index (χ1n) is 5.87. The molecule has 0 amide bonds. The van der Waals surface area contributed by atoms with Crippen molar-refractivity contribution in [2.45, 2.75) is 25.7 Å². The monoisotopic (exact) mass is 250 g/mol. The molecule has 3 heteroatoms. The number of hydrogen-bond acceptors (Lipinski definition) is 1. The van der Waals surface area contributed by atoms with Crippen molar-refractivity contribution in [3.8, 4) is 0 Å². The number of benzene rings is 1. The van der Waals surface area contributed by atoms with Gasteiger partial charge in [0.2, 0.25) is 0 Å². The van der Waals surface area contributed by atoms with E-state index in [1.807, 2.05) is 24.3 Å². The third kappa shape index (κ3) is 3.10. The summed E-state index contributed by atoms with van der Waals surface area (Å²) in [6, 6.07) is 7.41. The minimum absolute atomic E-state index is 0.382. The SMILES string of the molecule is O=C(O)/C=C(/c1ccc(Cl)cc1)C1CCCC1. The molecule has 0 aliphatic heterocycles. The lowest BCUT2D eigenvalue weighted by molar-refractivity contribution is -0.131. The van der Waals surface area contributed by atoms with Gasteiger partial charge in [0.15, 0.2) is 0 Å². The molecule has 2 rings (SSSR count). The lowest BCUT2D eigenvalue weighted by atomic mass is 9.91. The zero-order chi connectivity index (χ0) is 12.3. The molecule has 1 aliphatic rings. The van der Waals surface area contributed by atoms with Crippen LogP contribution in [0.25, 0.3) is 5.57 Å². The summed E-state index contributed by atoms with van der Waals surface area (Å²) in [6.07, 6.45) is 5.90. The van der Waals surface area contributed by atoms with Gasteiger partial charge in [0.1, 0.15) is 0 Å². The normalized spacial score (nSPS) is 17.4. The summed E-state index contributed by atoms with van der Waals surface area (Å²) in [5, 5.41) is 9.63. The van der Waals surface area contributed by atoms with E-state index in [1.165, 1.54) is 18.9 Å². The van der Waals surface area contributed by atoms with Gasteiger partial charge in [-0.2, -0.15) is 0 Å². The smallest absolute Gasteiger partial charge is 0.328 e.